The molecular weight excluding hydrogens is 415 g/mol. The van der Waals surface area contributed by atoms with E-state index in [1.807, 2.05) is 0 Å². The molecule has 2 aromatic carbocycles. The molecule has 0 aliphatic carbocycles. The van der Waals surface area contributed by atoms with E-state index in [9.17, 15) is 35.5 Å². The van der Waals surface area contributed by atoms with Gasteiger partial charge in [-0.2, -0.15) is 26.3 Å². The van der Waals surface area contributed by atoms with Gasteiger partial charge in [-0.1, -0.05) is 43.3 Å². The van der Waals surface area contributed by atoms with Gasteiger partial charge in [0.05, 0.1) is 0 Å². The summed E-state index contributed by atoms with van der Waals surface area (Å²) in [6.07, 6.45) is -12.6. The number of aryl methyl sites for hydroxylation is 2. The van der Waals surface area contributed by atoms with Crippen molar-refractivity contribution in [3.8, 4) is 0 Å². The zero-order valence-electron chi connectivity index (χ0n) is 16.2. The maximum absolute atomic E-state index is 14.4. The number of hydrogen-bond donors (Lipinski definition) is 1. The second-order valence-electron chi connectivity index (χ2n) is 6.94. The van der Waals surface area contributed by atoms with E-state index < -0.39 is 23.6 Å². The van der Waals surface area contributed by atoms with Crippen molar-refractivity contribution in [3.63, 3.8) is 0 Å². The Morgan fingerprint density at radius 3 is 1.90 bits per heavy atom. The molecule has 2 N–H and O–H groups in total. The Balaban J connectivity index is 2.50. The zero-order valence-corrected chi connectivity index (χ0v) is 16.2. The fourth-order valence-electron chi connectivity index (χ4n) is 3.23. The van der Waals surface area contributed by atoms with Crippen LogP contribution in [0.1, 0.15) is 45.1 Å². The maximum Gasteiger partial charge on any atom is 0.435 e. The SMILES string of the molecule is CCc1cc(C(F)(C(F)(F)F)C(F)(F)F)cc(C)c1CC(=O)c1ccc(CN)cc1. The number of benzene rings is 2. The first kappa shape index (κ1) is 23.9. The molecule has 30 heavy (non-hydrogen) atoms. The Hall–Kier alpha value is -2.42. The molecule has 0 saturated carbocycles. The van der Waals surface area contributed by atoms with Crippen LogP contribution >= 0.6 is 0 Å². The van der Waals surface area contributed by atoms with Gasteiger partial charge in [0.2, 0.25) is 0 Å². The topological polar surface area (TPSA) is 43.1 Å². The van der Waals surface area contributed by atoms with Gasteiger partial charge in [-0.15, -0.1) is 0 Å². The van der Waals surface area contributed by atoms with Gasteiger partial charge in [0.15, 0.2) is 5.78 Å². The minimum absolute atomic E-state index is 0.0215. The van der Waals surface area contributed by atoms with Crippen LogP contribution in [0.3, 0.4) is 0 Å². The number of hydrogen-bond acceptors (Lipinski definition) is 2. The Morgan fingerprint density at radius 1 is 0.933 bits per heavy atom. The van der Waals surface area contributed by atoms with E-state index in [-0.39, 0.29) is 41.9 Å². The van der Waals surface area contributed by atoms with Gasteiger partial charge in [-0.05, 0) is 35.6 Å². The first-order chi connectivity index (χ1) is 13.8. The molecule has 2 aromatic rings. The summed E-state index contributed by atoms with van der Waals surface area (Å²) < 4.78 is 93.0. The van der Waals surface area contributed by atoms with Crippen LogP contribution in [0, 0.1) is 6.92 Å². The lowest BCUT2D eigenvalue weighted by atomic mass is 9.86. The summed E-state index contributed by atoms with van der Waals surface area (Å²) in [6, 6.07) is 7.44. The van der Waals surface area contributed by atoms with Crippen LogP contribution < -0.4 is 5.73 Å². The molecule has 0 heterocycles. The Kier molecular flexibility index (Phi) is 6.66. The van der Waals surface area contributed by atoms with E-state index in [0.29, 0.717) is 17.7 Å². The molecule has 9 heteroatoms. The number of alkyl halides is 7. The van der Waals surface area contributed by atoms with E-state index in [4.69, 9.17) is 5.73 Å². The van der Waals surface area contributed by atoms with Crippen molar-refractivity contribution in [1.29, 1.82) is 0 Å². The van der Waals surface area contributed by atoms with Crippen LogP contribution in [0.5, 0.6) is 0 Å². The van der Waals surface area contributed by atoms with Gasteiger partial charge in [-0.25, -0.2) is 4.39 Å². The van der Waals surface area contributed by atoms with Crippen molar-refractivity contribution < 1.29 is 35.5 Å². The van der Waals surface area contributed by atoms with Crippen molar-refractivity contribution in [2.75, 3.05) is 0 Å². The third-order valence-corrected chi connectivity index (χ3v) is 4.97. The smallest absolute Gasteiger partial charge is 0.326 e. The third-order valence-electron chi connectivity index (χ3n) is 4.97. The number of Topliss-reactive ketones (excluding diaryl/α,β-unsaturated/α-hetero) is 1. The van der Waals surface area contributed by atoms with Crippen molar-refractivity contribution in [2.24, 2.45) is 5.73 Å². The molecule has 2 nitrogen and oxygen atoms in total. The van der Waals surface area contributed by atoms with E-state index in [1.165, 1.54) is 13.8 Å². The molecule has 0 aromatic heterocycles. The van der Waals surface area contributed by atoms with Gasteiger partial charge < -0.3 is 5.73 Å². The number of carbonyl (C=O) groups excluding carboxylic acids is 1. The standard InChI is InChI=1S/C21H20F7NO/c1-3-14-9-16(19(22,20(23,24)25)21(26,27)28)8-12(2)17(14)10-18(30)15-6-4-13(11-29)5-7-15/h4-9H,3,10-11,29H2,1-2H3. The number of nitrogens with two attached hydrogens (primary N) is 1. The molecule has 0 aliphatic heterocycles. The molecule has 0 saturated heterocycles. The Morgan fingerprint density at radius 2 is 1.47 bits per heavy atom. The minimum Gasteiger partial charge on any atom is -0.326 e. The second kappa shape index (κ2) is 8.37. The minimum atomic E-state index is -6.19. The summed E-state index contributed by atoms with van der Waals surface area (Å²) in [6.45, 7) is 3.04. The predicted molar refractivity (Wildman–Crippen MR) is 97.8 cm³/mol. The number of carbonyl (C=O) groups is 1. The molecule has 164 valence electrons. The summed E-state index contributed by atoms with van der Waals surface area (Å²) in [5, 5.41) is 0. The van der Waals surface area contributed by atoms with Crippen LogP contribution in [0.25, 0.3) is 0 Å². The first-order valence-electron chi connectivity index (χ1n) is 9.03. The maximum atomic E-state index is 14.4. The average molecular weight is 435 g/mol. The molecule has 0 bridgehead atoms. The van der Waals surface area contributed by atoms with E-state index in [0.717, 1.165) is 5.56 Å². The summed E-state index contributed by atoms with van der Waals surface area (Å²) >= 11 is 0. The molecule has 0 unspecified atom stereocenters. The lowest BCUT2D eigenvalue weighted by molar-refractivity contribution is -0.348. The summed E-state index contributed by atoms with van der Waals surface area (Å²) in [5.41, 5.74) is -0.134. The van der Waals surface area contributed by atoms with Gasteiger partial charge >= 0.3 is 18.0 Å². The Labute approximate surface area is 168 Å². The number of ketones is 1. The monoisotopic (exact) mass is 435 g/mol. The molecule has 0 atom stereocenters. The van der Waals surface area contributed by atoms with Gasteiger partial charge in [-0.3, -0.25) is 4.79 Å². The lowest BCUT2D eigenvalue weighted by Gasteiger charge is -2.31. The molecule has 0 fully saturated rings. The molecule has 2 rings (SSSR count). The van der Waals surface area contributed by atoms with Gasteiger partial charge in [0.1, 0.15) is 0 Å². The summed E-state index contributed by atoms with van der Waals surface area (Å²) in [4.78, 5) is 12.6. The van der Waals surface area contributed by atoms with Crippen LogP contribution in [0.4, 0.5) is 30.7 Å². The van der Waals surface area contributed by atoms with Crippen molar-refractivity contribution in [1.82, 2.24) is 0 Å². The normalized spacial score (nSPS) is 12.9. The van der Waals surface area contributed by atoms with Gasteiger partial charge in [0.25, 0.3) is 0 Å². The highest BCUT2D eigenvalue weighted by molar-refractivity contribution is 5.97. The highest BCUT2D eigenvalue weighted by atomic mass is 19.4. The van der Waals surface area contributed by atoms with Crippen molar-refractivity contribution in [2.45, 2.75) is 51.3 Å². The molecule has 0 radical (unpaired) electrons. The largest absolute Gasteiger partial charge is 0.435 e. The molecule has 0 spiro atoms. The van der Waals surface area contributed by atoms with Crippen LogP contribution in [0.2, 0.25) is 0 Å². The highest BCUT2D eigenvalue weighted by Crippen LogP contribution is 2.53. The van der Waals surface area contributed by atoms with Crippen LogP contribution in [-0.2, 0) is 25.1 Å². The fourth-order valence-corrected chi connectivity index (χ4v) is 3.23. The summed E-state index contributed by atoms with van der Waals surface area (Å²) in [7, 11) is 0. The second-order valence-corrected chi connectivity index (χ2v) is 6.94. The molecule has 0 aliphatic rings. The van der Waals surface area contributed by atoms with Crippen molar-refractivity contribution >= 4 is 5.78 Å². The van der Waals surface area contributed by atoms with Crippen LogP contribution in [0.15, 0.2) is 36.4 Å². The van der Waals surface area contributed by atoms with Crippen molar-refractivity contribution in [3.05, 3.63) is 69.8 Å². The number of rotatable bonds is 6. The van der Waals surface area contributed by atoms with E-state index in [1.54, 1.807) is 24.3 Å². The van der Waals surface area contributed by atoms with E-state index >= 15 is 0 Å². The molecular formula is C21H20F7NO. The quantitative estimate of drug-likeness (QED) is 0.465. The molecule has 0 amide bonds. The lowest BCUT2D eigenvalue weighted by Crippen LogP contribution is -2.50. The van der Waals surface area contributed by atoms with E-state index in [2.05, 4.69) is 0 Å². The van der Waals surface area contributed by atoms with Gasteiger partial charge in [0, 0.05) is 24.1 Å². The third kappa shape index (κ3) is 4.35. The predicted octanol–water partition coefficient (Wildman–Crippen LogP) is 5.73. The summed E-state index contributed by atoms with van der Waals surface area (Å²) in [5.74, 6) is -0.373. The average Bonchev–Trinajstić information content (AvgIpc) is 2.66. The van der Waals surface area contributed by atoms with Crippen LogP contribution in [-0.4, -0.2) is 18.1 Å². The highest BCUT2D eigenvalue weighted by Gasteiger charge is 2.73. The Bertz CT molecular complexity index is 901. The zero-order chi connectivity index (χ0) is 22.9. The fraction of sp³-hybridized carbons (Fsp3) is 0.381. The first-order valence-corrected chi connectivity index (χ1v) is 9.03. The number of halogens is 7.